The minimum atomic E-state index is -0.208. The molecule has 0 bridgehead atoms. The van der Waals surface area contributed by atoms with Crippen LogP contribution in [0.15, 0.2) is 188 Å². The van der Waals surface area contributed by atoms with E-state index in [9.17, 15) is 4.39 Å². The van der Waals surface area contributed by atoms with Crippen LogP contribution in [-0.4, -0.2) is 0 Å². The average molecular weight is 731 g/mol. The molecule has 0 saturated heterocycles. The highest BCUT2D eigenvalue weighted by Crippen LogP contribution is 2.47. The Kier molecular flexibility index (Phi) is 6.78. The lowest BCUT2D eigenvalue weighted by atomic mass is 9.85. The second-order valence-corrected chi connectivity index (χ2v) is 16.0. The maximum absolute atomic E-state index is 14.6. The lowest BCUT2D eigenvalue weighted by Gasteiger charge is -2.18. The van der Waals surface area contributed by atoms with Gasteiger partial charge in [-0.05, 0) is 134 Å². The second-order valence-electron chi connectivity index (χ2n) is 14.9. The van der Waals surface area contributed by atoms with Crippen LogP contribution in [0.5, 0.6) is 0 Å². The van der Waals surface area contributed by atoms with Gasteiger partial charge in [-0.25, -0.2) is 4.39 Å². The van der Waals surface area contributed by atoms with Gasteiger partial charge in [-0.3, -0.25) is 0 Å². The molecule has 0 radical (unpaired) electrons. The molecule has 11 aromatic carbocycles. The molecule has 0 aliphatic heterocycles. The smallest absolute Gasteiger partial charge is 0.123 e. The fourth-order valence-corrected chi connectivity index (χ4v) is 10.5. The lowest BCUT2D eigenvalue weighted by Crippen LogP contribution is -1.91. The topological polar surface area (TPSA) is 0 Å². The molecule has 0 N–H and O–H groups in total. The Morgan fingerprint density at radius 2 is 0.786 bits per heavy atom. The van der Waals surface area contributed by atoms with Crippen LogP contribution in [0.4, 0.5) is 4.39 Å². The summed E-state index contributed by atoms with van der Waals surface area (Å²) in [4.78, 5) is 0. The minimum Gasteiger partial charge on any atom is -0.207 e. The second kappa shape index (κ2) is 12.1. The van der Waals surface area contributed by atoms with Gasteiger partial charge in [0.1, 0.15) is 5.82 Å². The maximum atomic E-state index is 14.6. The Morgan fingerprint density at radius 3 is 1.48 bits per heavy atom. The highest BCUT2D eigenvalue weighted by molar-refractivity contribution is 7.25. The van der Waals surface area contributed by atoms with E-state index in [0.29, 0.717) is 0 Å². The molecule has 12 rings (SSSR count). The third kappa shape index (κ3) is 4.63. The molecule has 0 amide bonds. The van der Waals surface area contributed by atoms with Crippen molar-refractivity contribution in [3.05, 3.63) is 194 Å². The van der Waals surface area contributed by atoms with E-state index in [0.717, 1.165) is 26.9 Å². The van der Waals surface area contributed by atoms with E-state index in [1.165, 1.54) is 91.3 Å². The summed E-state index contributed by atoms with van der Waals surface area (Å²) in [5.74, 6) is -0.208. The predicted octanol–water partition coefficient (Wildman–Crippen LogP) is 16.1. The first-order chi connectivity index (χ1) is 27.7. The van der Waals surface area contributed by atoms with Crippen molar-refractivity contribution in [2.45, 2.75) is 0 Å². The molecule has 1 heterocycles. The summed E-state index contributed by atoms with van der Waals surface area (Å²) >= 11 is 1.83. The summed E-state index contributed by atoms with van der Waals surface area (Å²) in [6.07, 6.45) is 0. The zero-order valence-electron chi connectivity index (χ0n) is 30.2. The van der Waals surface area contributed by atoms with Crippen molar-refractivity contribution >= 4 is 96.1 Å². The molecule has 0 saturated carbocycles. The zero-order chi connectivity index (χ0) is 36.9. The van der Waals surface area contributed by atoms with Crippen LogP contribution in [-0.2, 0) is 0 Å². The normalized spacial score (nSPS) is 12.0. The number of hydrogen-bond donors (Lipinski definition) is 0. The van der Waals surface area contributed by atoms with E-state index in [1.807, 2.05) is 23.5 Å². The van der Waals surface area contributed by atoms with Crippen molar-refractivity contribution in [1.82, 2.24) is 0 Å². The third-order valence-electron chi connectivity index (χ3n) is 11.9. The first-order valence-corrected chi connectivity index (χ1v) is 19.9. The molecule has 0 atom stereocenters. The van der Waals surface area contributed by atoms with Gasteiger partial charge >= 0.3 is 0 Å². The van der Waals surface area contributed by atoms with Gasteiger partial charge in [0.25, 0.3) is 0 Å². The average Bonchev–Trinajstić information content (AvgIpc) is 3.61. The fraction of sp³-hybridized carbons (Fsp3) is 0. The Hall–Kier alpha value is -6.87. The SMILES string of the molecule is Fc1ccc2c(c1)c1ccccc1c1cc3c(cc21)sc1ccc(-c2c4ccccc4c(-c4ccc(-c5cccc6ccccc56)cc4)c4ccccc24)cc13. The van der Waals surface area contributed by atoms with E-state index in [4.69, 9.17) is 0 Å². The summed E-state index contributed by atoms with van der Waals surface area (Å²) in [5, 5.41) is 16.6. The molecule has 0 spiro atoms. The maximum Gasteiger partial charge on any atom is 0.123 e. The quantitative estimate of drug-likeness (QED) is 0.125. The Balaban J connectivity index is 1.07. The highest BCUT2D eigenvalue weighted by atomic mass is 32.1. The molecule has 0 nitrogen and oxygen atoms in total. The van der Waals surface area contributed by atoms with Gasteiger partial charge in [0.05, 0.1) is 0 Å². The van der Waals surface area contributed by atoms with E-state index >= 15 is 0 Å². The Morgan fingerprint density at radius 1 is 0.286 bits per heavy atom. The van der Waals surface area contributed by atoms with Crippen molar-refractivity contribution in [2.75, 3.05) is 0 Å². The molecule has 56 heavy (non-hydrogen) atoms. The first kappa shape index (κ1) is 31.5. The van der Waals surface area contributed by atoms with Gasteiger partial charge < -0.3 is 0 Å². The van der Waals surface area contributed by atoms with Crippen molar-refractivity contribution in [3.63, 3.8) is 0 Å². The Labute approximate surface area is 326 Å². The summed E-state index contributed by atoms with van der Waals surface area (Å²) in [5.41, 5.74) is 7.41. The van der Waals surface area contributed by atoms with Crippen molar-refractivity contribution < 1.29 is 4.39 Å². The van der Waals surface area contributed by atoms with E-state index in [1.54, 1.807) is 12.1 Å². The molecule has 2 heteroatoms. The molecule has 0 fully saturated rings. The zero-order valence-corrected chi connectivity index (χ0v) is 31.0. The minimum absolute atomic E-state index is 0.208. The number of rotatable bonds is 3. The monoisotopic (exact) mass is 730 g/mol. The summed E-state index contributed by atoms with van der Waals surface area (Å²) in [6, 6.07) is 67.4. The largest absolute Gasteiger partial charge is 0.207 e. The molecule has 12 aromatic rings. The lowest BCUT2D eigenvalue weighted by molar-refractivity contribution is 0.630. The molecule has 1 aromatic heterocycles. The fourth-order valence-electron chi connectivity index (χ4n) is 9.39. The number of halogens is 1. The van der Waals surface area contributed by atoms with Gasteiger partial charge in [0, 0.05) is 20.2 Å². The molecule has 0 unspecified atom stereocenters. The number of hydrogen-bond acceptors (Lipinski definition) is 1. The molecule has 0 aliphatic carbocycles. The summed E-state index contributed by atoms with van der Waals surface area (Å²) in [6.45, 7) is 0. The van der Waals surface area contributed by atoms with Crippen LogP contribution in [0.2, 0.25) is 0 Å². The number of thiophene rings is 1. The van der Waals surface area contributed by atoms with Crippen LogP contribution in [0.1, 0.15) is 0 Å². The summed E-state index contributed by atoms with van der Waals surface area (Å²) < 4.78 is 17.1. The number of benzene rings is 11. The van der Waals surface area contributed by atoms with Crippen molar-refractivity contribution in [3.8, 4) is 33.4 Å². The van der Waals surface area contributed by atoms with Crippen molar-refractivity contribution in [1.29, 1.82) is 0 Å². The third-order valence-corrected chi connectivity index (χ3v) is 13.0. The van der Waals surface area contributed by atoms with Crippen LogP contribution in [0.3, 0.4) is 0 Å². The van der Waals surface area contributed by atoms with Gasteiger partial charge in [0.2, 0.25) is 0 Å². The molecular weight excluding hydrogens is 700 g/mol. The standard InChI is InChI=1S/C54H31FS/c55-36-25-26-41-46(29-36)39-13-3-4-14-40(39)47-30-50-49-28-35(24-27-51(49)56-52(50)31-48(41)47)54-44-17-7-5-15-42(44)53(43-16-6-8-18-45(43)54)34-22-20-33(21-23-34)38-19-9-11-32-10-1-2-12-37(32)38/h1-31H. The summed E-state index contributed by atoms with van der Waals surface area (Å²) in [7, 11) is 0. The first-order valence-electron chi connectivity index (χ1n) is 19.1. The van der Waals surface area contributed by atoms with Crippen LogP contribution in [0, 0.1) is 5.82 Å². The highest BCUT2D eigenvalue weighted by Gasteiger charge is 2.19. The van der Waals surface area contributed by atoms with Crippen LogP contribution < -0.4 is 0 Å². The van der Waals surface area contributed by atoms with E-state index < -0.39 is 0 Å². The van der Waals surface area contributed by atoms with Gasteiger partial charge in [-0.1, -0.05) is 152 Å². The number of fused-ring (bicyclic) bond motifs is 12. The Bertz CT molecular complexity index is 3530. The molecule has 0 aliphatic rings. The van der Waals surface area contributed by atoms with Gasteiger partial charge in [-0.2, -0.15) is 0 Å². The predicted molar refractivity (Wildman–Crippen MR) is 241 cm³/mol. The van der Waals surface area contributed by atoms with Crippen molar-refractivity contribution in [2.24, 2.45) is 0 Å². The van der Waals surface area contributed by atoms with Crippen LogP contribution in [0.25, 0.3) is 118 Å². The van der Waals surface area contributed by atoms with Gasteiger partial charge in [0.15, 0.2) is 0 Å². The van der Waals surface area contributed by atoms with Crippen LogP contribution >= 0.6 is 11.3 Å². The van der Waals surface area contributed by atoms with E-state index in [-0.39, 0.29) is 5.82 Å². The van der Waals surface area contributed by atoms with Gasteiger partial charge in [-0.15, -0.1) is 11.3 Å². The molecule has 260 valence electrons. The molecular formula is C54H31FS. The van der Waals surface area contributed by atoms with E-state index in [2.05, 4.69) is 164 Å².